The van der Waals surface area contributed by atoms with Crippen LogP contribution in [0.5, 0.6) is 11.5 Å². The highest BCUT2D eigenvalue weighted by Gasteiger charge is 2.22. The van der Waals surface area contributed by atoms with E-state index in [0.29, 0.717) is 13.0 Å². The Morgan fingerprint density at radius 2 is 1.88 bits per heavy atom. The Morgan fingerprint density at radius 3 is 2.56 bits per heavy atom. The second kappa shape index (κ2) is 7.05. The first-order valence-electron chi connectivity index (χ1n) is 8.41. The van der Waals surface area contributed by atoms with Crippen molar-refractivity contribution in [2.75, 3.05) is 19.0 Å². The van der Waals surface area contributed by atoms with E-state index in [1.165, 1.54) is 5.56 Å². The third kappa shape index (κ3) is 3.87. The fraction of sp³-hybridized carbons (Fsp3) is 0.350. The molecule has 0 aromatic heterocycles. The summed E-state index contributed by atoms with van der Waals surface area (Å²) in [5.74, 6) is 1.64. The average molecular weight is 340 g/mol. The van der Waals surface area contributed by atoms with E-state index in [2.05, 4.69) is 29.7 Å². The molecule has 132 valence electrons. The van der Waals surface area contributed by atoms with Crippen LogP contribution in [0.15, 0.2) is 30.3 Å². The quantitative estimate of drug-likeness (QED) is 0.895. The molecule has 0 aliphatic carbocycles. The van der Waals surface area contributed by atoms with Crippen LogP contribution in [-0.4, -0.2) is 25.8 Å². The molecule has 2 amide bonds. The molecule has 3 rings (SSSR count). The highest BCUT2D eigenvalue weighted by molar-refractivity contribution is 5.91. The van der Waals surface area contributed by atoms with Crippen molar-refractivity contribution in [3.8, 4) is 11.5 Å². The molecule has 0 saturated carbocycles. The number of anilines is 1. The molecule has 1 aliphatic heterocycles. The van der Waals surface area contributed by atoms with Gasteiger partial charge in [0.2, 0.25) is 0 Å². The number of benzene rings is 2. The number of carbonyl (C=O) groups excluding carboxylic acids is 1. The summed E-state index contributed by atoms with van der Waals surface area (Å²) in [6, 6.07) is 9.57. The third-order valence-electron chi connectivity index (χ3n) is 4.42. The second-order valence-electron chi connectivity index (χ2n) is 6.56. The summed E-state index contributed by atoms with van der Waals surface area (Å²) >= 11 is 0. The van der Waals surface area contributed by atoms with Gasteiger partial charge in [0.1, 0.15) is 18.1 Å². The summed E-state index contributed by atoms with van der Waals surface area (Å²) in [5.41, 5.74) is 5.21. The Balaban J connectivity index is 1.66. The number of nitrogens with one attached hydrogen (secondary N) is 2. The van der Waals surface area contributed by atoms with E-state index in [1.54, 1.807) is 7.11 Å². The van der Waals surface area contributed by atoms with E-state index in [4.69, 9.17) is 9.47 Å². The first kappa shape index (κ1) is 17.1. The monoisotopic (exact) mass is 340 g/mol. The Kier molecular flexibility index (Phi) is 4.83. The minimum atomic E-state index is -0.213. The van der Waals surface area contributed by atoms with Gasteiger partial charge in [-0.2, -0.15) is 0 Å². The van der Waals surface area contributed by atoms with E-state index in [-0.39, 0.29) is 12.1 Å². The van der Waals surface area contributed by atoms with Crippen molar-refractivity contribution in [3.05, 3.63) is 52.6 Å². The lowest BCUT2D eigenvalue weighted by Gasteiger charge is -2.26. The summed E-state index contributed by atoms with van der Waals surface area (Å²) in [6.45, 7) is 6.51. The molecule has 25 heavy (non-hydrogen) atoms. The van der Waals surface area contributed by atoms with Crippen molar-refractivity contribution in [2.24, 2.45) is 0 Å². The number of hydrogen-bond donors (Lipinski definition) is 2. The predicted molar refractivity (Wildman–Crippen MR) is 98.8 cm³/mol. The first-order valence-corrected chi connectivity index (χ1v) is 8.41. The van der Waals surface area contributed by atoms with Crippen LogP contribution >= 0.6 is 0 Å². The van der Waals surface area contributed by atoms with Gasteiger partial charge in [0.15, 0.2) is 0 Å². The largest absolute Gasteiger partial charge is 0.497 e. The number of aryl methyl sites for hydroxylation is 3. The summed E-state index contributed by atoms with van der Waals surface area (Å²) in [6.07, 6.45) is 0.714. The van der Waals surface area contributed by atoms with E-state index in [1.807, 2.05) is 32.0 Å². The van der Waals surface area contributed by atoms with Gasteiger partial charge in [-0.15, -0.1) is 0 Å². The van der Waals surface area contributed by atoms with Crippen molar-refractivity contribution in [3.63, 3.8) is 0 Å². The van der Waals surface area contributed by atoms with Crippen molar-refractivity contribution in [2.45, 2.75) is 33.2 Å². The second-order valence-corrected chi connectivity index (χ2v) is 6.56. The van der Waals surface area contributed by atoms with Crippen molar-refractivity contribution >= 4 is 11.7 Å². The number of rotatable bonds is 3. The molecule has 1 heterocycles. The molecule has 0 fully saturated rings. The van der Waals surface area contributed by atoms with Crippen LogP contribution < -0.4 is 20.1 Å². The van der Waals surface area contributed by atoms with Gasteiger partial charge >= 0.3 is 6.03 Å². The summed E-state index contributed by atoms with van der Waals surface area (Å²) in [5, 5.41) is 5.97. The van der Waals surface area contributed by atoms with Gasteiger partial charge in [-0.3, -0.25) is 0 Å². The fourth-order valence-corrected chi connectivity index (χ4v) is 3.30. The Labute approximate surface area is 148 Å². The Morgan fingerprint density at radius 1 is 1.16 bits per heavy atom. The molecule has 0 radical (unpaired) electrons. The molecular weight excluding hydrogens is 316 g/mol. The van der Waals surface area contributed by atoms with Crippen molar-refractivity contribution in [1.29, 1.82) is 0 Å². The van der Waals surface area contributed by atoms with Crippen LogP contribution in [0, 0.1) is 20.8 Å². The molecule has 5 heteroatoms. The standard InChI is InChI=1S/C20H24N2O3/c1-12-7-13(2)19(14(3)8-12)22-20(23)21-16-9-15-10-17(24-4)5-6-18(15)25-11-16/h5-8,10,16H,9,11H2,1-4H3,(H2,21,22,23)/t16-/m1/s1. The zero-order valence-corrected chi connectivity index (χ0v) is 15.1. The molecular formula is C20H24N2O3. The minimum absolute atomic E-state index is 0.0781. The molecule has 1 aliphatic rings. The zero-order valence-electron chi connectivity index (χ0n) is 15.1. The lowest BCUT2D eigenvalue weighted by atomic mass is 10.0. The average Bonchev–Trinajstić information content (AvgIpc) is 2.57. The molecule has 2 aromatic rings. The number of hydrogen-bond acceptors (Lipinski definition) is 3. The van der Waals surface area contributed by atoms with Gasteiger partial charge in [0.05, 0.1) is 13.2 Å². The van der Waals surface area contributed by atoms with Gasteiger partial charge in [-0.25, -0.2) is 4.79 Å². The molecule has 2 aromatic carbocycles. The topological polar surface area (TPSA) is 59.6 Å². The van der Waals surface area contributed by atoms with Gasteiger partial charge in [-0.1, -0.05) is 17.7 Å². The van der Waals surface area contributed by atoms with Crippen LogP contribution in [0.4, 0.5) is 10.5 Å². The van der Waals surface area contributed by atoms with E-state index in [9.17, 15) is 4.79 Å². The number of fused-ring (bicyclic) bond motifs is 1. The molecule has 0 unspecified atom stereocenters. The minimum Gasteiger partial charge on any atom is -0.497 e. The predicted octanol–water partition coefficient (Wildman–Crippen LogP) is 3.75. The lowest BCUT2D eigenvalue weighted by molar-refractivity contribution is 0.222. The highest BCUT2D eigenvalue weighted by atomic mass is 16.5. The number of carbonyl (C=O) groups is 1. The summed E-state index contributed by atoms with van der Waals surface area (Å²) in [7, 11) is 1.64. The van der Waals surface area contributed by atoms with Gasteiger partial charge in [-0.05, 0) is 62.1 Å². The van der Waals surface area contributed by atoms with Crippen LogP contribution in [0.3, 0.4) is 0 Å². The maximum atomic E-state index is 12.4. The molecule has 0 saturated heterocycles. The molecule has 1 atom stereocenters. The van der Waals surface area contributed by atoms with Crippen molar-refractivity contribution in [1.82, 2.24) is 5.32 Å². The van der Waals surface area contributed by atoms with E-state index >= 15 is 0 Å². The Bertz CT molecular complexity index is 779. The maximum absolute atomic E-state index is 12.4. The summed E-state index contributed by atoms with van der Waals surface area (Å²) in [4.78, 5) is 12.4. The maximum Gasteiger partial charge on any atom is 0.319 e. The van der Waals surface area contributed by atoms with Gasteiger partial charge < -0.3 is 20.1 Å². The fourth-order valence-electron chi connectivity index (χ4n) is 3.30. The molecule has 5 nitrogen and oxygen atoms in total. The van der Waals surface area contributed by atoms with E-state index in [0.717, 1.165) is 33.9 Å². The number of ether oxygens (including phenoxy) is 2. The van der Waals surface area contributed by atoms with E-state index < -0.39 is 0 Å². The zero-order chi connectivity index (χ0) is 18.0. The van der Waals surface area contributed by atoms with Gasteiger partial charge in [0, 0.05) is 5.69 Å². The van der Waals surface area contributed by atoms with Gasteiger partial charge in [0.25, 0.3) is 0 Å². The molecule has 0 spiro atoms. The highest BCUT2D eigenvalue weighted by Crippen LogP contribution is 2.28. The SMILES string of the molecule is COc1ccc2c(c1)C[C@@H](NC(=O)Nc1c(C)cc(C)cc1C)CO2. The Hall–Kier alpha value is -2.69. The smallest absolute Gasteiger partial charge is 0.319 e. The number of urea groups is 1. The van der Waals surface area contributed by atoms with Crippen LogP contribution in [0.1, 0.15) is 22.3 Å². The normalized spacial score (nSPS) is 15.8. The molecule has 2 N–H and O–H groups in total. The van der Waals surface area contributed by atoms with Crippen molar-refractivity contribution < 1.29 is 14.3 Å². The third-order valence-corrected chi connectivity index (χ3v) is 4.42. The van der Waals surface area contributed by atoms with Crippen LogP contribution in [0.25, 0.3) is 0 Å². The lowest BCUT2D eigenvalue weighted by Crippen LogP contribution is -2.44. The van der Waals surface area contributed by atoms with Crippen LogP contribution in [-0.2, 0) is 6.42 Å². The molecule has 0 bridgehead atoms. The first-order chi connectivity index (χ1) is 12.0. The summed E-state index contributed by atoms with van der Waals surface area (Å²) < 4.78 is 11.0. The van der Waals surface area contributed by atoms with Crippen LogP contribution in [0.2, 0.25) is 0 Å². The number of amides is 2. The number of methoxy groups -OCH3 is 1.